The Kier molecular flexibility index (Phi) is 8.05. The molecule has 37 heavy (non-hydrogen) atoms. The van der Waals surface area contributed by atoms with Crippen molar-refractivity contribution >= 4 is 22.7 Å². The first-order valence-electron chi connectivity index (χ1n) is 13.8. The van der Waals surface area contributed by atoms with Crippen LogP contribution in [0.5, 0.6) is 0 Å². The third-order valence-electron chi connectivity index (χ3n) is 7.55. The maximum absolute atomic E-state index is 3.80. The number of nitrogens with zero attached hydrogens (tertiary/aromatic N) is 1. The molecule has 4 aromatic rings. The second-order valence-corrected chi connectivity index (χ2v) is 10.1. The van der Waals surface area contributed by atoms with Crippen LogP contribution in [0.4, 0.5) is 22.7 Å². The van der Waals surface area contributed by atoms with E-state index in [4.69, 9.17) is 0 Å². The Morgan fingerprint density at radius 2 is 1.22 bits per heavy atom. The molecule has 1 aliphatic rings. The Bertz CT molecular complexity index is 1240. The second-order valence-electron chi connectivity index (χ2n) is 10.1. The van der Waals surface area contributed by atoms with Crippen molar-refractivity contribution in [3.05, 3.63) is 121 Å². The molecule has 0 saturated carbocycles. The van der Waals surface area contributed by atoms with E-state index in [0.29, 0.717) is 6.04 Å². The summed E-state index contributed by atoms with van der Waals surface area (Å²) in [5.41, 5.74) is 8.81. The lowest BCUT2D eigenvalue weighted by atomic mass is 9.81. The highest BCUT2D eigenvalue weighted by atomic mass is 15.1. The molecule has 0 bridgehead atoms. The number of anilines is 4. The van der Waals surface area contributed by atoms with Gasteiger partial charge < -0.3 is 10.2 Å². The zero-order valence-electron chi connectivity index (χ0n) is 22.1. The Hall–Kier alpha value is -3.78. The number of rotatable bonds is 9. The zero-order valence-corrected chi connectivity index (χ0v) is 22.1. The van der Waals surface area contributed by atoms with Gasteiger partial charge in [0.15, 0.2) is 0 Å². The van der Waals surface area contributed by atoms with E-state index in [1.807, 2.05) is 0 Å². The average molecular weight is 487 g/mol. The van der Waals surface area contributed by atoms with Gasteiger partial charge in [0.1, 0.15) is 0 Å². The molecule has 0 spiro atoms. The lowest BCUT2D eigenvalue weighted by molar-refractivity contribution is 0.436. The summed E-state index contributed by atoms with van der Waals surface area (Å²) in [7, 11) is 0. The maximum atomic E-state index is 3.80. The minimum absolute atomic E-state index is 0.527. The number of hydrogen-bond donors (Lipinski definition) is 1. The van der Waals surface area contributed by atoms with E-state index < -0.39 is 0 Å². The molecule has 0 amide bonds. The standard InChI is InChI=1S/C35H38N2/c1-3-11-30-26-32(23-16-27(30)4-2)36-31-21-17-28(18-22-31)29-19-24-35(25-20-29)37(33-12-7-5-8-13-33)34-14-9-6-10-15-34/h5-10,12-22,24-25,30,32,36H,3-4,11,23,26H2,1-2H3. The van der Waals surface area contributed by atoms with Crippen LogP contribution in [0.1, 0.15) is 46.0 Å². The molecule has 2 nitrogen and oxygen atoms in total. The van der Waals surface area contributed by atoms with Crippen LogP contribution in [0.2, 0.25) is 0 Å². The molecule has 188 valence electrons. The number of allylic oxidation sites excluding steroid dienone is 1. The molecule has 0 aliphatic heterocycles. The fraction of sp³-hybridized carbons (Fsp3) is 0.257. The van der Waals surface area contributed by atoms with Crippen molar-refractivity contribution in [2.24, 2.45) is 5.92 Å². The molecule has 4 aromatic carbocycles. The lowest BCUT2D eigenvalue weighted by Crippen LogP contribution is -2.27. The van der Waals surface area contributed by atoms with Gasteiger partial charge in [0.2, 0.25) is 0 Å². The van der Waals surface area contributed by atoms with Crippen molar-refractivity contribution in [1.82, 2.24) is 0 Å². The fourth-order valence-corrected chi connectivity index (χ4v) is 5.65. The van der Waals surface area contributed by atoms with Crippen LogP contribution in [0.25, 0.3) is 11.1 Å². The lowest BCUT2D eigenvalue weighted by Gasteiger charge is -2.31. The Morgan fingerprint density at radius 1 is 0.676 bits per heavy atom. The van der Waals surface area contributed by atoms with Gasteiger partial charge >= 0.3 is 0 Å². The molecule has 0 fully saturated rings. The summed E-state index contributed by atoms with van der Waals surface area (Å²) in [6.45, 7) is 4.60. The van der Waals surface area contributed by atoms with E-state index in [1.165, 1.54) is 42.5 Å². The van der Waals surface area contributed by atoms with Crippen molar-refractivity contribution in [3.8, 4) is 11.1 Å². The maximum Gasteiger partial charge on any atom is 0.0462 e. The van der Waals surface area contributed by atoms with Gasteiger partial charge in [-0.1, -0.05) is 92.6 Å². The summed E-state index contributed by atoms with van der Waals surface area (Å²) >= 11 is 0. The molecule has 1 N–H and O–H groups in total. The molecular weight excluding hydrogens is 448 g/mol. The Labute approximate surface area is 222 Å². The van der Waals surface area contributed by atoms with Crippen LogP contribution in [0.15, 0.2) is 121 Å². The van der Waals surface area contributed by atoms with Crippen LogP contribution in [0, 0.1) is 5.92 Å². The number of para-hydroxylation sites is 2. The first kappa shape index (κ1) is 24.9. The van der Waals surface area contributed by atoms with Gasteiger partial charge in [-0.15, -0.1) is 0 Å². The molecule has 0 aromatic heterocycles. The van der Waals surface area contributed by atoms with Crippen LogP contribution >= 0.6 is 0 Å². The molecule has 1 aliphatic carbocycles. The zero-order chi connectivity index (χ0) is 25.5. The van der Waals surface area contributed by atoms with Gasteiger partial charge in [-0.3, -0.25) is 0 Å². The molecular formula is C35H38N2. The molecule has 0 saturated heterocycles. The molecule has 2 unspecified atom stereocenters. The van der Waals surface area contributed by atoms with Gasteiger partial charge in [-0.05, 0) is 91.3 Å². The van der Waals surface area contributed by atoms with E-state index in [1.54, 1.807) is 5.57 Å². The largest absolute Gasteiger partial charge is 0.382 e. The summed E-state index contributed by atoms with van der Waals surface area (Å²) in [4.78, 5) is 2.30. The van der Waals surface area contributed by atoms with Crippen molar-refractivity contribution in [1.29, 1.82) is 0 Å². The van der Waals surface area contributed by atoms with Crippen LogP contribution in [-0.4, -0.2) is 6.04 Å². The van der Waals surface area contributed by atoms with Crippen molar-refractivity contribution in [2.75, 3.05) is 10.2 Å². The first-order valence-corrected chi connectivity index (χ1v) is 13.8. The van der Waals surface area contributed by atoms with Gasteiger partial charge in [-0.2, -0.15) is 0 Å². The van der Waals surface area contributed by atoms with Gasteiger partial charge in [0, 0.05) is 28.8 Å². The van der Waals surface area contributed by atoms with Crippen molar-refractivity contribution in [3.63, 3.8) is 0 Å². The first-order chi connectivity index (χ1) is 18.2. The van der Waals surface area contributed by atoms with E-state index in [2.05, 4.69) is 139 Å². The Balaban J connectivity index is 1.30. The van der Waals surface area contributed by atoms with E-state index >= 15 is 0 Å². The Morgan fingerprint density at radius 3 is 1.76 bits per heavy atom. The normalized spacial score (nSPS) is 17.2. The monoisotopic (exact) mass is 486 g/mol. The minimum Gasteiger partial charge on any atom is -0.382 e. The van der Waals surface area contributed by atoms with Crippen LogP contribution in [-0.2, 0) is 0 Å². The minimum atomic E-state index is 0.527. The van der Waals surface area contributed by atoms with Crippen molar-refractivity contribution < 1.29 is 0 Å². The summed E-state index contributed by atoms with van der Waals surface area (Å²) in [6.07, 6.45) is 8.63. The van der Waals surface area contributed by atoms with Gasteiger partial charge in [0.25, 0.3) is 0 Å². The van der Waals surface area contributed by atoms with Gasteiger partial charge in [0.05, 0.1) is 0 Å². The highest BCUT2D eigenvalue weighted by molar-refractivity contribution is 5.78. The molecule has 0 heterocycles. The van der Waals surface area contributed by atoms with Gasteiger partial charge in [-0.25, -0.2) is 0 Å². The summed E-state index contributed by atoms with van der Waals surface area (Å²) < 4.78 is 0. The van der Waals surface area contributed by atoms with Crippen LogP contribution < -0.4 is 10.2 Å². The highest BCUT2D eigenvalue weighted by Crippen LogP contribution is 2.36. The summed E-state index contributed by atoms with van der Waals surface area (Å²) in [6, 6.07) is 39.5. The molecule has 2 atom stereocenters. The van der Waals surface area contributed by atoms with E-state index in [0.717, 1.165) is 29.4 Å². The molecule has 5 rings (SSSR count). The second kappa shape index (κ2) is 12.0. The average Bonchev–Trinajstić information content (AvgIpc) is 2.96. The van der Waals surface area contributed by atoms with E-state index in [9.17, 15) is 0 Å². The predicted octanol–water partition coefficient (Wildman–Crippen LogP) is 10.2. The van der Waals surface area contributed by atoms with Crippen molar-refractivity contribution in [2.45, 2.75) is 52.0 Å². The van der Waals surface area contributed by atoms with E-state index in [-0.39, 0.29) is 0 Å². The molecule has 0 radical (unpaired) electrons. The smallest absolute Gasteiger partial charge is 0.0462 e. The SMILES string of the molecule is CCCC1CC(Nc2ccc(-c3ccc(N(c4ccccc4)c4ccccc4)cc3)cc2)CC=C1CC. The third kappa shape index (κ3) is 5.97. The quantitative estimate of drug-likeness (QED) is 0.237. The predicted molar refractivity (Wildman–Crippen MR) is 160 cm³/mol. The topological polar surface area (TPSA) is 15.3 Å². The number of benzene rings is 4. The van der Waals surface area contributed by atoms with Crippen LogP contribution in [0.3, 0.4) is 0 Å². The summed E-state index contributed by atoms with van der Waals surface area (Å²) in [5.74, 6) is 0.741. The third-order valence-corrected chi connectivity index (χ3v) is 7.55. The fourth-order valence-electron chi connectivity index (χ4n) is 5.65. The molecule has 2 heteroatoms. The highest BCUT2D eigenvalue weighted by Gasteiger charge is 2.22. The number of hydrogen-bond acceptors (Lipinski definition) is 2. The summed E-state index contributed by atoms with van der Waals surface area (Å²) in [5, 5.41) is 3.80. The number of nitrogens with one attached hydrogen (secondary N) is 1.